The van der Waals surface area contributed by atoms with Crippen LogP contribution in [0.1, 0.15) is 0 Å². The molecular formula is C66H48N2Si2. The van der Waals surface area contributed by atoms with Crippen LogP contribution in [0.5, 0.6) is 0 Å². The molecule has 0 aliphatic carbocycles. The number of hydrogen-bond acceptors (Lipinski definition) is 0. The van der Waals surface area contributed by atoms with E-state index < -0.39 is 16.1 Å². The van der Waals surface area contributed by atoms with Crippen molar-refractivity contribution in [3.63, 3.8) is 0 Å². The fraction of sp³-hybridized carbons (Fsp3) is 0. The molecule has 0 unspecified atom stereocenters. The van der Waals surface area contributed by atoms with Crippen LogP contribution in [-0.2, 0) is 0 Å². The summed E-state index contributed by atoms with van der Waals surface area (Å²) in [6.45, 7) is 0. The monoisotopic (exact) mass is 924 g/mol. The van der Waals surface area contributed by atoms with Crippen molar-refractivity contribution in [2.24, 2.45) is 0 Å². The van der Waals surface area contributed by atoms with Crippen LogP contribution in [0, 0.1) is 0 Å². The van der Waals surface area contributed by atoms with E-state index in [1.165, 1.54) is 85.1 Å². The highest BCUT2D eigenvalue weighted by Crippen LogP contribution is 2.42. The Morgan fingerprint density at radius 2 is 0.571 bits per heavy atom. The van der Waals surface area contributed by atoms with Gasteiger partial charge in [-0.1, -0.05) is 249 Å². The standard InChI is InChI=1S/C66H48N2Si2/c1-8-27-49(28-9-1)67-60-45-24-22-43-58(60)64-62(67)48-63(70(54-36-16-5-17-37-54,55-38-18-6-19-39-55)56-40-20-7-21-41-56)65-59-44-23-25-46-61(59)68(66(64)65)50-29-26-42-57(47-50)69(51-30-10-2-11-31-51,52-32-12-3-13-33-52)53-34-14-4-15-35-53/h1-48H. The molecular weight excluding hydrogens is 877 g/mol. The molecule has 0 spiro atoms. The zero-order valence-electron chi connectivity index (χ0n) is 38.6. The predicted octanol–water partition coefficient (Wildman–Crippen LogP) is 10.6. The van der Waals surface area contributed by atoms with Crippen LogP contribution in [0.25, 0.3) is 55.0 Å². The molecule has 0 aliphatic rings. The average Bonchev–Trinajstić information content (AvgIpc) is 3.97. The summed E-state index contributed by atoms with van der Waals surface area (Å²) in [6.07, 6.45) is 0. The molecule has 0 amide bonds. The molecule has 0 saturated carbocycles. The number of nitrogens with zero attached hydrogens (tertiary/aromatic N) is 2. The first kappa shape index (κ1) is 41.6. The van der Waals surface area contributed by atoms with Crippen molar-refractivity contribution < 1.29 is 0 Å². The van der Waals surface area contributed by atoms with Crippen LogP contribution in [0.4, 0.5) is 0 Å². The van der Waals surface area contributed by atoms with Crippen molar-refractivity contribution in [2.75, 3.05) is 0 Å². The van der Waals surface area contributed by atoms with E-state index >= 15 is 0 Å². The Bertz CT molecular complexity index is 3770. The maximum absolute atomic E-state index is 3.15. The zero-order valence-corrected chi connectivity index (χ0v) is 40.6. The van der Waals surface area contributed by atoms with Crippen LogP contribution in [0.2, 0.25) is 0 Å². The molecule has 0 aliphatic heterocycles. The molecule has 0 atom stereocenters. The van der Waals surface area contributed by atoms with Crippen LogP contribution in [0.15, 0.2) is 291 Å². The molecule has 11 aromatic carbocycles. The number of aromatic nitrogens is 2. The predicted molar refractivity (Wildman–Crippen MR) is 302 cm³/mol. The van der Waals surface area contributed by atoms with Gasteiger partial charge in [0, 0.05) is 32.9 Å². The van der Waals surface area contributed by atoms with Crippen molar-refractivity contribution in [3.05, 3.63) is 291 Å². The fourth-order valence-corrected chi connectivity index (χ4v) is 21.8. The van der Waals surface area contributed by atoms with Gasteiger partial charge in [-0.25, -0.2) is 0 Å². The van der Waals surface area contributed by atoms with Gasteiger partial charge in [-0.3, -0.25) is 0 Å². The lowest BCUT2D eigenvalue weighted by Gasteiger charge is -2.35. The van der Waals surface area contributed by atoms with Gasteiger partial charge in [0.05, 0.1) is 22.1 Å². The second-order valence-corrected chi connectivity index (χ2v) is 25.9. The summed E-state index contributed by atoms with van der Waals surface area (Å²) >= 11 is 0. The van der Waals surface area contributed by atoms with Gasteiger partial charge in [-0.2, -0.15) is 0 Å². The molecule has 4 heteroatoms. The second kappa shape index (κ2) is 17.2. The highest BCUT2D eigenvalue weighted by Gasteiger charge is 2.45. The average molecular weight is 925 g/mol. The summed E-state index contributed by atoms with van der Waals surface area (Å²) < 4.78 is 5.15. The molecule has 0 radical (unpaired) electrons. The van der Waals surface area contributed by atoms with E-state index in [0.717, 1.165) is 11.4 Å². The number of para-hydroxylation sites is 3. The van der Waals surface area contributed by atoms with Crippen LogP contribution in [0.3, 0.4) is 0 Å². The van der Waals surface area contributed by atoms with Gasteiger partial charge in [0.15, 0.2) is 16.1 Å². The third-order valence-corrected chi connectivity index (χ3v) is 24.3. The smallest absolute Gasteiger partial charge is 0.180 e. The summed E-state index contributed by atoms with van der Waals surface area (Å²) in [4.78, 5) is 0. The third-order valence-electron chi connectivity index (χ3n) is 14.8. The van der Waals surface area contributed by atoms with E-state index in [0.29, 0.717) is 0 Å². The molecule has 0 N–H and O–H groups in total. The molecule has 0 bridgehead atoms. The normalized spacial score (nSPS) is 12.0. The Balaban J connectivity index is 1.25. The Hall–Kier alpha value is -8.55. The van der Waals surface area contributed by atoms with Gasteiger partial charge in [0.2, 0.25) is 0 Å². The van der Waals surface area contributed by atoms with Crippen molar-refractivity contribution in [2.45, 2.75) is 0 Å². The minimum Gasteiger partial charge on any atom is -0.309 e. The molecule has 13 aromatic rings. The minimum atomic E-state index is -3.15. The van der Waals surface area contributed by atoms with Gasteiger partial charge < -0.3 is 9.13 Å². The Morgan fingerprint density at radius 3 is 1.03 bits per heavy atom. The summed E-state index contributed by atoms with van der Waals surface area (Å²) in [7, 11) is -6.05. The quantitative estimate of drug-likeness (QED) is 0.0956. The van der Waals surface area contributed by atoms with E-state index in [4.69, 9.17) is 0 Å². The molecule has 330 valence electrons. The van der Waals surface area contributed by atoms with Gasteiger partial charge in [-0.15, -0.1) is 0 Å². The zero-order chi connectivity index (χ0) is 46.5. The first-order chi connectivity index (χ1) is 34.8. The molecule has 0 saturated heterocycles. The van der Waals surface area contributed by atoms with Gasteiger partial charge in [0.1, 0.15) is 0 Å². The highest BCUT2D eigenvalue weighted by atomic mass is 28.3. The third kappa shape index (κ3) is 6.31. The van der Waals surface area contributed by atoms with E-state index in [-0.39, 0.29) is 0 Å². The van der Waals surface area contributed by atoms with Crippen molar-refractivity contribution in [3.8, 4) is 11.4 Å². The summed E-state index contributed by atoms with van der Waals surface area (Å²) in [5, 5.41) is 15.8. The summed E-state index contributed by atoms with van der Waals surface area (Å²) in [5.41, 5.74) is 7.06. The first-order valence-corrected chi connectivity index (χ1v) is 28.3. The van der Waals surface area contributed by atoms with Gasteiger partial charge in [0.25, 0.3) is 0 Å². The van der Waals surface area contributed by atoms with Gasteiger partial charge in [-0.05, 0) is 84.0 Å². The van der Waals surface area contributed by atoms with Crippen LogP contribution < -0.4 is 41.5 Å². The van der Waals surface area contributed by atoms with E-state index in [9.17, 15) is 0 Å². The molecule has 2 aromatic heterocycles. The summed E-state index contributed by atoms with van der Waals surface area (Å²) in [5.74, 6) is 0. The van der Waals surface area contributed by atoms with Crippen molar-refractivity contribution in [1.82, 2.24) is 9.13 Å². The molecule has 2 heterocycles. The van der Waals surface area contributed by atoms with Gasteiger partial charge >= 0.3 is 0 Å². The largest absolute Gasteiger partial charge is 0.309 e. The molecule has 70 heavy (non-hydrogen) atoms. The minimum absolute atomic E-state index is 1.14. The topological polar surface area (TPSA) is 9.86 Å². The number of fused-ring (bicyclic) bond motifs is 7. The van der Waals surface area contributed by atoms with Crippen molar-refractivity contribution in [1.29, 1.82) is 0 Å². The molecule has 2 nitrogen and oxygen atoms in total. The maximum Gasteiger partial charge on any atom is 0.180 e. The Labute approximate surface area is 410 Å². The molecule has 13 rings (SSSR count). The van der Waals surface area contributed by atoms with E-state index in [2.05, 4.69) is 300 Å². The van der Waals surface area contributed by atoms with Crippen LogP contribution >= 0.6 is 0 Å². The highest BCUT2D eigenvalue weighted by molar-refractivity contribution is 7.21. The SMILES string of the molecule is c1ccc(-n2c3ccccc3c3c2cc([Si](c2ccccc2)(c2ccccc2)c2ccccc2)c2c4ccccc4n(-c4cccc([Si](c5ccccc5)(c5ccccc5)c5ccccc5)c4)c23)cc1. The number of benzene rings is 11. The summed E-state index contributed by atoms with van der Waals surface area (Å²) in [6, 6.07) is 109. The number of rotatable bonds is 10. The van der Waals surface area contributed by atoms with E-state index in [1.807, 2.05) is 0 Å². The number of hydrogen-bond donors (Lipinski definition) is 0. The maximum atomic E-state index is 2.63. The van der Waals surface area contributed by atoms with Crippen LogP contribution in [-0.4, -0.2) is 25.3 Å². The lowest BCUT2D eigenvalue weighted by Crippen LogP contribution is -2.74. The molecule has 0 fully saturated rings. The lowest BCUT2D eigenvalue weighted by molar-refractivity contribution is 1.18. The second-order valence-electron chi connectivity index (χ2n) is 18.3. The first-order valence-electron chi connectivity index (χ1n) is 24.3. The Kier molecular flexibility index (Phi) is 10.2. The Morgan fingerprint density at radius 1 is 0.229 bits per heavy atom. The van der Waals surface area contributed by atoms with Crippen molar-refractivity contribution >= 4 is 101 Å². The van der Waals surface area contributed by atoms with E-state index in [1.54, 1.807) is 0 Å². The lowest BCUT2D eigenvalue weighted by atomic mass is 10.1. The fourth-order valence-electron chi connectivity index (χ4n) is 12.0.